The molecule has 0 aliphatic heterocycles. The third kappa shape index (κ3) is 3.27. The first-order chi connectivity index (χ1) is 9.92. The van der Waals surface area contributed by atoms with Gasteiger partial charge in [-0.2, -0.15) is 0 Å². The van der Waals surface area contributed by atoms with E-state index in [0.717, 1.165) is 23.1 Å². The van der Waals surface area contributed by atoms with Crippen molar-refractivity contribution in [2.24, 2.45) is 0 Å². The minimum Gasteiger partial charge on any atom is -0.467 e. The van der Waals surface area contributed by atoms with Crippen molar-refractivity contribution in [3.05, 3.63) is 60.6 Å². The van der Waals surface area contributed by atoms with Crippen LogP contribution in [0.4, 0.5) is 0 Å². The van der Waals surface area contributed by atoms with E-state index in [2.05, 4.69) is 15.2 Å². The van der Waals surface area contributed by atoms with Crippen molar-refractivity contribution in [2.75, 3.05) is 5.75 Å². The van der Waals surface area contributed by atoms with E-state index >= 15 is 0 Å². The fourth-order valence-corrected chi connectivity index (χ4v) is 2.75. The zero-order valence-electron chi connectivity index (χ0n) is 10.8. The van der Waals surface area contributed by atoms with E-state index in [1.807, 2.05) is 41.2 Å². The third-order valence-electron chi connectivity index (χ3n) is 2.86. The molecular formula is C14H14N4OS. The zero-order valence-corrected chi connectivity index (χ0v) is 11.7. The molecule has 3 aromatic heterocycles. The second kappa shape index (κ2) is 6.38. The summed E-state index contributed by atoms with van der Waals surface area (Å²) in [7, 11) is 0. The van der Waals surface area contributed by atoms with Crippen LogP contribution in [-0.2, 0) is 13.0 Å². The van der Waals surface area contributed by atoms with Crippen LogP contribution in [-0.4, -0.2) is 25.5 Å². The van der Waals surface area contributed by atoms with Crippen LogP contribution in [0, 0.1) is 0 Å². The second-order valence-corrected chi connectivity index (χ2v) is 5.34. The Kier molecular flexibility index (Phi) is 4.13. The van der Waals surface area contributed by atoms with E-state index < -0.39 is 0 Å². The molecular weight excluding hydrogens is 272 g/mol. The Hall–Kier alpha value is -2.08. The first-order valence-corrected chi connectivity index (χ1v) is 7.32. The van der Waals surface area contributed by atoms with Gasteiger partial charge in [-0.05, 0) is 36.2 Å². The lowest BCUT2D eigenvalue weighted by atomic mass is 10.2. The Morgan fingerprint density at radius 3 is 2.90 bits per heavy atom. The maximum Gasteiger partial charge on any atom is 0.191 e. The molecule has 20 heavy (non-hydrogen) atoms. The van der Waals surface area contributed by atoms with Gasteiger partial charge in [-0.3, -0.25) is 4.98 Å². The molecule has 0 radical (unpaired) electrons. The SMILES string of the molecule is c1coc(Cn2cnnc2SCCc2ccncc2)c1. The van der Waals surface area contributed by atoms with Crippen molar-refractivity contribution in [3.8, 4) is 0 Å². The molecule has 3 heterocycles. The number of aryl methyl sites for hydroxylation is 1. The molecule has 5 nitrogen and oxygen atoms in total. The van der Waals surface area contributed by atoms with Gasteiger partial charge in [-0.1, -0.05) is 11.8 Å². The van der Waals surface area contributed by atoms with Crippen molar-refractivity contribution < 1.29 is 4.42 Å². The van der Waals surface area contributed by atoms with Crippen molar-refractivity contribution in [1.29, 1.82) is 0 Å². The van der Waals surface area contributed by atoms with Gasteiger partial charge in [0.25, 0.3) is 0 Å². The smallest absolute Gasteiger partial charge is 0.191 e. The van der Waals surface area contributed by atoms with Gasteiger partial charge in [0.05, 0.1) is 12.8 Å². The third-order valence-corrected chi connectivity index (χ3v) is 3.84. The van der Waals surface area contributed by atoms with Crippen LogP contribution in [0.5, 0.6) is 0 Å². The number of nitrogens with zero attached hydrogens (tertiary/aromatic N) is 4. The highest BCUT2D eigenvalue weighted by Gasteiger charge is 2.07. The highest BCUT2D eigenvalue weighted by Crippen LogP contribution is 2.17. The molecule has 6 heteroatoms. The molecule has 0 aliphatic rings. The molecule has 0 spiro atoms. The summed E-state index contributed by atoms with van der Waals surface area (Å²) in [5, 5.41) is 9.03. The van der Waals surface area contributed by atoms with Gasteiger partial charge in [0.15, 0.2) is 5.16 Å². The Morgan fingerprint density at radius 1 is 1.20 bits per heavy atom. The predicted molar refractivity (Wildman–Crippen MR) is 76.5 cm³/mol. The van der Waals surface area contributed by atoms with Crippen LogP contribution in [0.25, 0.3) is 0 Å². The normalized spacial score (nSPS) is 10.8. The van der Waals surface area contributed by atoms with Gasteiger partial charge < -0.3 is 8.98 Å². The maximum absolute atomic E-state index is 5.34. The van der Waals surface area contributed by atoms with Crippen molar-refractivity contribution >= 4 is 11.8 Å². The number of rotatable bonds is 6. The van der Waals surface area contributed by atoms with Gasteiger partial charge in [0, 0.05) is 18.1 Å². The highest BCUT2D eigenvalue weighted by molar-refractivity contribution is 7.99. The Labute approximate surface area is 121 Å². The van der Waals surface area contributed by atoms with E-state index in [4.69, 9.17) is 4.42 Å². The van der Waals surface area contributed by atoms with Crippen LogP contribution < -0.4 is 0 Å². The lowest BCUT2D eigenvalue weighted by molar-refractivity contribution is 0.484. The molecule has 3 aromatic rings. The zero-order chi connectivity index (χ0) is 13.6. The summed E-state index contributed by atoms with van der Waals surface area (Å²) < 4.78 is 7.34. The molecule has 0 saturated carbocycles. The fraction of sp³-hybridized carbons (Fsp3) is 0.214. The summed E-state index contributed by atoms with van der Waals surface area (Å²) in [5.74, 6) is 1.86. The predicted octanol–water partition coefficient (Wildman–Crippen LogP) is 2.65. The number of pyridine rings is 1. The maximum atomic E-state index is 5.34. The molecule has 3 rings (SSSR count). The Morgan fingerprint density at radius 2 is 2.10 bits per heavy atom. The van der Waals surface area contributed by atoms with Crippen molar-refractivity contribution in [1.82, 2.24) is 19.7 Å². The van der Waals surface area contributed by atoms with Gasteiger partial charge in [0.2, 0.25) is 0 Å². The molecule has 0 N–H and O–H groups in total. The number of hydrogen-bond acceptors (Lipinski definition) is 5. The second-order valence-electron chi connectivity index (χ2n) is 4.27. The highest BCUT2D eigenvalue weighted by atomic mass is 32.2. The molecule has 0 aromatic carbocycles. The largest absolute Gasteiger partial charge is 0.467 e. The first kappa shape index (κ1) is 12.9. The topological polar surface area (TPSA) is 56.7 Å². The minimum absolute atomic E-state index is 0.664. The summed E-state index contributed by atoms with van der Waals surface area (Å²) in [6.07, 6.45) is 8.03. The summed E-state index contributed by atoms with van der Waals surface area (Å²) in [6.45, 7) is 0.664. The number of furan rings is 1. The van der Waals surface area contributed by atoms with Crippen LogP contribution in [0.1, 0.15) is 11.3 Å². The molecule has 0 bridgehead atoms. The standard InChI is InChI=1S/C14H14N4OS/c1-2-13(19-8-1)10-18-11-16-17-14(18)20-9-5-12-3-6-15-7-4-12/h1-4,6-8,11H,5,9-10H2. The molecule has 0 fully saturated rings. The molecule has 0 aliphatic carbocycles. The van der Waals surface area contributed by atoms with E-state index in [1.54, 1.807) is 24.4 Å². The molecule has 0 unspecified atom stereocenters. The summed E-state index contributed by atoms with van der Waals surface area (Å²) >= 11 is 1.70. The Bertz CT molecular complexity index is 636. The molecule has 0 amide bonds. The number of hydrogen-bond donors (Lipinski definition) is 0. The van der Waals surface area contributed by atoms with Crippen LogP contribution >= 0.6 is 11.8 Å². The molecule has 0 saturated heterocycles. The van der Waals surface area contributed by atoms with Gasteiger partial charge in [-0.25, -0.2) is 0 Å². The van der Waals surface area contributed by atoms with Crippen LogP contribution in [0.15, 0.2) is 58.8 Å². The average molecular weight is 286 g/mol. The van der Waals surface area contributed by atoms with E-state index in [9.17, 15) is 0 Å². The van der Waals surface area contributed by atoms with E-state index in [-0.39, 0.29) is 0 Å². The lowest BCUT2D eigenvalue weighted by Gasteiger charge is -2.04. The summed E-state index contributed by atoms with van der Waals surface area (Å²) in [4.78, 5) is 4.02. The quantitative estimate of drug-likeness (QED) is 0.652. The van der Waals surface area contributed by atoms with Crippen LogP contribution in [0.2, 0.25) is 0 Å². The number of thioether (sulfide) groups is 1. The number of aromatic nitrogens is 4. The fourth-order valence-electron chi connectivity index (χ4n) is 1.84. The van der Waals surface area contributed by atoms with Crippen molar-refractivity contribution in [3.63, 3.8) is 0 Å². The average Bonchev–Trinajstić information content (AvgIpc) is 3.13. The van der Waals surface area contributed by atoms with Gasteiger partial charge in [-0.15, -0.1) is 10.2 Å². The van der Waals surface area contributed by atoms with E-state index in [0.29, 0.717) is 6.54 Å². The molecule has 102 valence electrons. The molecule has 0 atom stereocenters. The van der Waals surface area contributed by atoms with Gasteiger partial charge >= 0.3 is 0 Å². The first-order valence-electron chi connectivity index (χ1n) is 6.34. The van der Waals surface area contributed by atoms with Crippen molar-refractivity contribution in [2.45, 2.75) is 18.1 Å². The van der Waals surface area contributed by atoms with Gasteiger partial charge in [0.1, 0.15) is 12.1 Å². The Balaban J connectivity index is 1.57. The minimum atomic E-state index is 0.664. The summed E-state index contributed by atoms with van der Waals surface area (Å²) in [5.41, 5.74) is 1.28. The van der Waals surface area contributed by atoms with E-state index in [1.165, 1.54) is 5.56 Å². The summed E-state index contributed by atoms with van der Waals surface area (Å²) in [6, 6.07) is 7.91. The monoisotopic (exact) mass is 286 g/mol. The van der Waals surface area contributed by atoms with Crippen LogP contribution in [0.3, 0.4) is 0 Å². The lowest BCUT2D eigenvalue weighted by Crippen LogP contribution is -2.00.